The van der Waals surface area contributed by atoms with Crippen LogP contribution in [0.5, 0.6) is 0 Å². The minimum atomic E-state index is 0.393. The smallest absolute Gasteiger partial charge is 0.0462 e. The molecule has 1 atom stereocenters. The van der Waals surface area contributed by atoms with Crippen molar-refractivity contribution < 1.29 is 0 Å². The summed E-state index contributed by atoms with van der Waals surface area (Å²) in [7, 11) is 0. The van der Waals surface area contributed by atoms with Crippen LogP contribution in [0.15, 0.2) is 248 Å². The lowest BCUT2D eigenvalue weighted by atomic mass is 9.96. The Bertz CT molecular complexity index is 2850. The van der Waals surface area contributed by atoms with Crippen molar-refractivity contribution in [3.8, 4) is 54.3 Å². The molecule has 298 valence electrons. The number of hydrogen-bond acceptors (Lipinski definition) is 3. The molecular weight excluding hydrogens is 769 g/mol. The molecule has 0 aliphatic heterocycles. The summed E-state index contributed by atoms with van der Waals surface area (Å²) in [4.78, 5) is 7.33. The summed E-state index contributed by atoms with van der Waals surface area (Å²) in [5, 5.41) is 0. The van der Waals surface area contributed by atoms with Crippen LogP contribution in [0.1, 0.15) is 13.3 Å². The van der Waals surface area contributed by atoms with E-state index in [1.807, 2.05) is 11.3 Å². The fourth-order valence-corrected chi connectivity index (χ4v) is 9.44. The second kappa shape index (κ2) is 17.6. The lowest BCUT2D eigenvalue weighted by Crippen LogP contribution is -2.22. The predicted molar refractivity (Wildman–Crippen MR) is 266 cm³/mol. The summed E-state index contributed by atoms with van der Waals surface area (Å²) in [6.07, 6.45) is 7.76. The minimum Gasteiger partial charge on any atom is -0.314 e. The van der Waals surface area contributed by atoms with Crippen molar-refractivity contribution in [3.63, 3.8) is 0 Å². The van der Waals surface area contributed by atoms with Gasteiger partial charge in [-0.1, -0.05) is 171 Å². The van der Waals surface area contributed by atoms with Crippen molar-refractivity contribution in [2.45, 2.75) is 13.3 Å². The van der Waals surface area contributed by atoms with Gasteiger partial charge in [-0.2, -0.15) is 0 Å². The van der Waals surface area contributed by atoms with E-state index in [1.54, 1.807) is 0 Å². The topological polar surface area (TPSA) is 6.48 Å². The monoisotopic (exact) mass is 814 g/mol. The van der Waals surface area contributed by atoms with Crippen molar-refractivity contribution in [1.82, 2.24) is 0 Å². The summed E-state index contributed by atoms with van der Waals surface area (Å²) in [5.41, 5.74) is 16.6. The van der Waals surface area contributed by atoms with Crippen molar-refractivity contribution in [2.24, 2.45) is 5.92 Å². The molecule has 0 saturated heterocycles. The van der Waals surface area contributed by atoms with Gasteiger partial charge in [0, 0.05) is 49.8 Å². The van der Waals surface area contributed by atoms with E-state index < -0.39 is 0 Å². The predicted octanol–water partition coefficient (Wildman–Crippen LogP) is 17.2. The highest BCUT2D eigenvalue weighted by Gasteiger charge is 2.21. The third-order valence-corrected chi connectivity index (χ3v) is 13.0. The highest BCUT2D eigenvalue weighted by molar-refractivity contribution is 7.18. The molecule has 3 heteroatoms. The molecular formula is C59H46N2S. The Morgan fingerprint density at radius 3 is 1.02 bits per heavy atom. The molecule has 62 heavy (non-hydrogen) atoms. The highest BCUT2D eigenvalue weighted by atomic mass is 32.1. The van der Waals surface area contributed by atoms with Crippen LogP contribution < -0.4 is 9.80 Å². The molecule has 0 amide bonds. The van der Waals surface area contributed by atoms with Gasteiger partial charge in [0.1, 0.15) is 0 Å². The maximum Gasteiger partial charge on any atom is 0.0462 e. The van der Waals surface area contributed by atoms with Gasteiger partial charge in [-0.15, -0.1) is 11.3 Å². The average molecular weight is 815 g/mol. The average Bonchev–Trinajstić information content (AvgIpc) is 3.85. The second-order valence-corrected chi connectivity index (χ2v) is 16.9. The van der Waals surface area contributed by atoms with Crippen LogP contribution in [0.3, 0.4) is 0 Å². The molecule has 0 spiro atoms. The molecule has 8 aromatic carbocycles. The normalized spacial score (nSPS) is 13.4. The molecule has 0 saturated carbocycles. The molecule has 10 rings (SSSR count). The number of rotatable bonds is 11. The molecule has 0 radical (unpaired) electrons. The first-order valence-corrected chi connectivity index (χ1v) is 22.2. The van der Waals surface area contributed by atoms with Crippen LogP contribution in [0.4, 0.5) is 28.4 Å². The standard InChI is InChI=1S/C59H46N2S/c1-43-13-11-12-20-57(43)61(56-39-29-51(30-40-56)59-42-41-58(62-59)50-18-9-4-10-19-50)55-37-27-49(28-38-55)48-25-35-54(36-26-48)60(52-31-21-46(22-32-52)44-14-5-2-6-15-44)53-33-23-47(24-34-53)45-16-7-3-8-17-45/h2-12,14-43H,13H2,1H3. The molecule has 0 bridgehead atoms. The molecule has 0 N–H and O–H groups in total. The zero-order valence-electron chi connectivity index (χ0n) is 34.7. The summed E-state index contributed by atoms with van der Waals surface area (Å²) < 4.78 is 0. The van der Waals surface area contributed by atoms with Gasteiger partial charge in [0.05, 0.1) is 0 Å². The van der Waals surface area contributed by atoms with Gasteiger partial charge in [0.15, 0.2) is 0 Å². The van der Waals surface area contributed by atoms with Gasteiger partial charge < -0.3 is 9.80 Å². The van der Waals surface area contributed by atoms with Gasteiger partial charge in [-0.3, -0.25) is 0 Å². The maximum absolute atomic E-state index is 2.43. The lowest BCUT2D eigenvalue weighted by molar-refractivity contribution is 0.670. The molecule has 9 aromatic rings. The van der Waals surface area contributed by atoms with E-state index in [2.05, 4.69) is 259 Å². The van der Waals surface area contributed by atoms with E-state index in [4.69, 9.17) is 0 Å². The molecule has 0 fully saturated rings. The van der Waals surface area contributed by atoms with E-state index in [1.165, 1.54) is 60.0 Å². The Labute approximate surface area is 369 Å². The third kappa shape index (κ3) is 8.19. The van der Waals surface area contributed by atoms with E-state index in [9.17, 15) is 0 Å². The minimum absolute atomic E-state index is 0.393. The Morgan fingerprint density at radius 2 is 0.645 bits per heavy atom. The Hall–Kier alpha value is -7.46. The van der Waals surface area contributed by atoms with E-state index in [0.717, 1.165) is 34.9 Å². The quantitative estimate of drug-likeness (QED) is 0.128. The fraction of sp³-hybridized carbons (Fsp3) is 0.0508. The number of hydrogen-bond donors (Lipinski definition) is 0. The zero-order valence-corrected chi connectivity index (χ0v) is 35.5. The first-order valence-electron chi connectivity index (χ1n) is 21.4. The van der Waals surface area contributed by atoms with Gasteiger partial charge >= 0.3 is 0 Å². The number of thiophene rings is 1. The maximum atomic E-state index is 2.43. The summed E-state index contributed by atoms with van der Waals surface area (Å²) >= 11 is 1.84. The highest BCUT2D eigenvalue weighted by Crippen LogP contribution is 2.41. The van der Waals surface area contributed by atoms with Crippen LogP contribution in [0.25, 0.3) is 54.3 Å². The van der Waals surface area contributed by atoms with Gasteiger partial charge in [-0.25, -0.2) is 0 Å². The SMILES string of the molecule is CC1CC=CC=C1N(c1ccc(-c2ccc(N(c3ccc(-c4ccccc4)cc3)c3ccc(-c4ccccc4)cc3)cc2)cc1)c1ccc(-c2ccc(-c3ccccc3)s2)cc1. The van der Waals surface area contributed by atoms with Crippen LogP contribution in [-0.2, 0) is 0 Å². The van der Waals surface area contributed by atoms with Gasteiger partial charge in [0.2, 0.25) is 0 Å². The zero-order chi connectivity index (χ0) is 41.7. The van der Waals surface area contributed by atoms with Crippen molar-refractivity contribution in [1.29, 1.82) is 0 Å². The van der Waals surface area contributed by atoms with Crippen molar-refractivity contribution >= 4 is 39.8 Å². The first-order chi connectivity index (χ1) is 30.6. The largest absolute Gasteiger partial charge is 0.314 e. The van der Waals surface area contributed by atoms with Crippen LogP contribution in [0, 0.1) is 5.92 Å². The third-order valence-electron chi connectivity index (χ3n) is 11.8. The molecule has 1 heterocycles. The van der Waals surface area contributed by atoms with E-state index >= 15 is 0 Å². The summed E-state index contributed by atoms with van der Waals surface area (Å²) in [6, 6.07) is 81.1. The van der Waals surface area contributed by atoms with Crippen molar-refractivity contribution in [3.05, 3.63) is 248 Å². The van der Waals surface area contributed by atoms with Crippen LogP contribution in [-0.4, -0.2) is 0 Å². The molecule has 1 aliphatic carbocycles. The number of allylic oxidation sites excluding steroid dienone is 4. The van der Waals surface area contributed by atoms with Crippen LogP contribution in [0.2, 0.25) is 0 Å². The van der Waals surface area contributed by atoms with Gasteiger partial charge in [0.25, 0.3) is 0 Å². The Morgan fingerprint density at radius 1 is 0.339 bits per heavy atom. The number of benzene rings is 8. The number of nitrogens with zero attached hydrogens (tertiary/aromatic N) is 2. The van der Waals surface area contributed by atoms with Crippen LogP contribution >= 0.6 is 11.3 Å². The van der Waals surface area contributed by atoms with Crippen molar-refractivity contribution in [2.75, 3.05) is 9.80 Å². The Kier molecular flexibility index (Phi) is 11.0. The summed E-state index contributed by atoms with van der Waals surface area (Å²) in [5.74, 6) is 0.393. The van der Waals surface area contributed by atoms with Gasteiger partial charge in [-0.05, 0) is 130 Å². The lowest BCUT2D eigenvalue weighted by Gasteiger charge is -2.32. The molecule has 1 aliphatic rings. The number of anilines is 5. The van der Waals surface area contributed by atoms with E-state index in [-0.39, 0.29) is 0 Å². The molecule has 1 unspecified atom stereocenters. The second-order valence-electron chi connectivity index (χ2n) is 15.8. The van der Waals surface area contributed by atoms with E-state index in [0.29, 0.717) is 5.92 Å². The first kappa shape index (κ1) is 38.7. The molecule has 2 nitrogen and oxygen atoms in total. The Balaban J connectivity index is 0.934. The fourth-order valence-electron chi connectivity index (χ4n) is 8.42. The summed E-state index contributed by atoms with van der Waals surface area (Å²) in [6.45, 7) is 2.32. The molecule has 1 aromatic heterocycles.